The molecule has 0 unspecified atom stereocenters. The Bertz CT molecular complexity index is 576. The van der Waals surface area contributed by atoms with Crippen LogP contribution in [0.4, 0.5) is 11.4 Å². The van der Waals surface area contributed by atoms with Crippen LogP contribution in [0.15, 0.2) is 30.5 Å². The summed E-state index contributed by atoms with van der Waals surface area (Å²) < 4.78 is 0.604. The summed E-state index contributed by atoms with van der Waals surface area (Å²) >= 11 is 7.41. The van der Waals surface area contributed by atoms with Gasteiger partial charge in [-0.25, -0.2) is 4.98 Å². The predicted molar refractivity (Wildman–Crippen MR) is 91.6 cm³/mol. The van der Waals surface area contributed by atoms with Crippen LogP contribution in [0.1, 0.15) is 30.6 Å². The molecule has 21 heavy (non-hydrogen) atoms. The van der Waals surface area contributed by atoms with Crippen molar-refractivity contribution < 1.29 is 0 Å². The van der Waals surface area contributed by atoms with E-state index >= 15 is 0 Å². The van der Waals surface area contributed by atoms with Crippen molar-refractivity contribution in [3.05, 3.63) is 39.8 Å². The molecule has 0 aliphatic carbocycles. The van der Waals surface area contributed by atoms with Crippen LogP contribution in [0.2, 0.25) is 4.47 Å². The van der Waals surface area contributed by atoms with Crippen LogP contribution in [-0.2, 0) is 6.54 Å². The second kappa shape index (κ2) is 7.14. The number of benzene rings is 1. The molecule has 1 fully saturated rings. The van der Waals surface area contributed by atoms with Gasteiger partial charge in [-0.3, -0.25) is 0 Å². The Morgan fingerprint density at radius 3 is 2.62 bits per heavy atom. The van der Waals surface area contributed by atoms with Gasteiger partial charge in [0.1, 0.15) is 0 Å². The van der Waals surface area contributed by atoms with Crippen LogP contribution in [0.3, 0.4) is 0 Å². The summed E-state index contributed by atoms with van der Waals surface area (Å²) in [5.41, 5.74) is 2.51. The van der Waals surface area contributed by atoms with Crippen LogP contribution in [0, 0.1) is 0 Å². The zero-order valence-corrected chi connectivity index (χ0v) is 13.6. The van der Waals surface area contributed by atoms with Gasteiger partial charge < -0.3 is 10.2 Å². The quantitative estimate of drug-likeness (QED) is 0.877. The summed E-state index contributed by atoms with van der Waals surface area (Å²) in [6.07, 6.45) is 7.13. The first-order valence-electron chi connectivity index (χ1n) is 7.51. The summed E-state index contributed by atoms with van der Waals surface area (Å²) in [6, 6.07) is 8.58. The maximum atomic E-state index is 5.88. The van der Waals surface area contributed by atoms with Crippen LogP contribution in [0.5, 0.6) is 0 Å². The molecule has 0 saturated carbocycles. The van der Waals surface area contributed by atoms with E-state index in [4.69, 9.17) is 11.6 Å². The Morgan fingerprint density at radius 1 is 1.14 bits per heavy atom. The van der Waals surface area contributed by atoms with Gasteiger partial charge in [-0.15, -0.1) is 11.3 Å². The molecule has 1 aliphatic rings. The first kappa shape index (κ1) is 14.7. The number of aromatic nitrogens is 1. The highest BCUT2D eigenvalue weighted by molar-refractivity contribution is 7.15. The molecule has 0 radical (unpaired) electrons. The molecule has 3 rings (SSSR count). The number of para-hydroxylation sites is 2. The molecule has 2 aromatic rings. The van der Waals surface area contributed by atoms with Crippen LogP contribution in [-0.4, -0.2) is 18.1 Å². The van der Waals surface area contributed by atoms with Crippen molar-refractivity contribution in [1.29, 1.82) is 0 Å². The summed E-state index contributed by atoms with van der Waals surface area (Å²) in [5, 5.41) is 3.53. The molecule has 1 aliphatic heterocycles. The number of halogens is 1. The lowest BCUT2D eigenvalue weighted by Gasteiger charge is -2.25. The van der Waals surface area contributed by atoms with Gasteiger partial charge in [0.15, 0.2) is 4.47 Å². The zero-order valence-electron chi connectivity index (χ0n) is 12.0. The number of hydrogen-bond donors (Lipinski definition) is 1. The molecular weight excluding hydrogens is 302 g/mol. The van der Waals surface area contributed by atoms with E-state index in [-0.39, 0.29) is 0 Å². The average molecular weight is 322 g/mol. The Morgan fingerprint density at radius 2 is 1.90 bits per heavy atom. The average Bonchev–Trinajstić information content (AvgIpc) is 2.76. The second-order valence-corrected chi connectivity index (χ2v) is 7.05. The van der Waals surface area contributed by atoms with Gasteiger partial charge in [0, 0.05) is 24.2 Å². The van der Waals surface area contributed by atoms with E-state index in [9.17, 15) is 0 Å². The molecule has 0 atom stereocenters. The van der Waals surface area contributed by atoms with Gasteiger partial charge in [0.05, 0.1) is 17.9 Å². The van der Waals surface area contributed by atoms with Gasteiger partial charge in [-0.2, -0.15) is 0 Å². The Hall–Kier alpha value is -1.26. The summed E-state index contributed by atoms with van der Waals surface area (Å²) in [4.78, 5) is 7.75. The molecule has 1 saturated heterocycles. The van der Waals surface area contributed by atoms with E-state index in [0.29, 0.717) is 4.47 Å². The van der Waals surface area contributed by atoms with Crippen LogP contribution in [0.25, 0.3) is 0 Å². The maximum absolute atomic E-state index is 5.88. The van der Waals surface area contributed by atoms with E-state index in [1.165, 1.54) is 48.4 Å². The topological polar surface area (TPSA) is 28.2 Å². The molecule has 1 aromatic heterocycles. The lowest BCUT2D eigenvalue weighted by atomic mass is 10.2. The minimum atomic E-state index is 0.604. The zero-order chi connectivity index (χ0) is 14.5. The van der Waals surface area contributed by atoms with Crippen molar-refractivity contribution in [2.24, 2.45) is 0 Å². The molecule has 112 valence electrons. The molecule has 3 nitrogen and oxygen atoms in total. The van der Waals surface area contributed by atoms with E-state index in [2.05, 4.69) is 39.5 Å². The number of thiazole rings is 1. The van der Waals surface area contributed by atoms with E-state index in [1.54, 1.807) is 0 Å². The molecule has 0 amide bonds. The van der Waals surface area contributed by atoms with E-state index in [0.717, 1.165) is 24.5 Å². The van der Waals surface area contributed by atoms with Crippen molar-refractivity contribution in [3.63, 3.8) is 0 Å². The SMILES string of the molecule is Clc1ncc(CNc2ccccc2N2CCCCCC2)s1. The monoisotopic (exact) mass is 321 g/mol. The molecule has 2 heterocycles. The maximum Gasteiger partial charge on any atom is 0.183 e. The first-order valence-corrected chi connectivity index (χ1v) is 8.70. The standard InChI is InChI=1S/C16H20ClN3S/c17-16-19-12-13(21-16)11-18-14-7-3-4-8-15(14)20-9-5-1-2-6-10-20/h3-4,7-8,12,18H,1-2,5-6,9-11H2. The second-order valence-electron chi connectivity index (χ2n) is 5.35. The molecule has 0 bridgehead atoms. The number of nitrogens with one attached hydrogen (secondary N) is 1. The van der Waals surface area contributed by atoms with Gasteiger partial charge in [-0.1, -0.05) is 36.6 Å². The number of anilines is 2. The van der Waals surface area contributed by atoms with E-state index < -0.39 is 0 Å². The summed E-state index contributed by atoms with van der Waals surface area (Å²) in [5.74, 6) is 0. The third-order valence-electron chi connectivity index (χ3n) is 3.83. The lowest BCUT2D eigenvalue weighted by Crippen LogP contribution is -2.24. The fraction of sp³-hybridized carbons (Fsp3) is 0.438. The molecular formula is C16H20ClN3S. The third kappa shape index (κ3) is 3.89. The molecule has 1 aromatic carbocycles. The van der Waals surface area contributed by atoms with Gasteiger partial charge in [0.2, 0.25) is 0 Å². The highest BCUT2D eigenvalue weighted by Crippen LogP contribution is 2.29. The number of hydrogen-bond acceptors (Lipinski definition) is 4. The van der Waals surface area contributed by atoms with Crippen molar-refractivity contribution in [3.8, 4) is 0 Å². The third-order valence-corrected chi connectivity index (χ3v) is 4.94. The summed E-state index contributed by atoms with van der Waals surface area (Å²) in [6.45, 7) is 3.09. The number of nitrogens with zero attached hydrogens (tertiary/aromatic N) is 2. The minimum Gasteiger partial charge on any atom is -0.378 e. The van der Waals surface area contributed by atoms with Crippen LogP contribution < -0.4 is 10.2 Å². The lowest BCUT2D eigenvalue weighted by molar-refractivity contribution is 0.726. The van der Waals surface area contributed by atoms with Crippen molar-refractivity contribution in [2.45, 2.75) is 32.2 Å². The minimum absolute atomic E-state index is 0.604. The molecule has 1 N–H and O–H groups in total. The smallest absolute Gasteiger partial charge is 0.183 e. The van der Waals surface area contributed by atoms with Gasteiger partial charge in [0.25, 0.3) is 0 Å². The predicted octanol–water partition coefficient (Wildman–Crippen LogP) is 4.79. The highest BCUT2D eigenvalue weighted by atomic mass is 35.5. The van der Waals surface area contributed by atoms with Gasteiger partial charge in [-0.05, 0) is 25.0 Å². The molecule has 0 spiro atoms. The van der Waals surface area contributed by atoms with Crippen LogP contribution >= 0.6 is 22.9 Å². The fourth-order valence-electron chi connectivity index (χ4n) is 2.76. The Balaban J connectivity index is 1.72. The van der Waals surface area contributed by atoms with Crippen molar-refractivity contribution in [2.75, 3.05) is 23.3 Å². The first-order chi connectivity index (χ1) is 10.3. The van der Waals surface area contributed by atoms with Gasteiger partial charge >= 0.3 is 0 Å². The Labute approximate surface area is 135 Å². The fourth-order valence-corrected chi connectivity index (χ4v) is 3.68. The van der Waals surface area contributed by atoms with Crippen molar-refractivity contribution in [1.82, 2.24) is 4.98 Å². The van der Waals surface area contributed by atoms with E-state index in [1.807, 2.05) is 6.20 Å². The largest absolute Gasteiger partial charge is 0.378 e. The highest BCUT2D eigenvalue weighted by Gasteiger charge is 2.13. The number of rotatable bonds is 4. The Kier molecular flexibility index (Phi) is 4.99. The normalized spacial score (nSPS) is 15.8. The molecule has 5 heteroatoms. The van der Waals surface area contributed by atoms with Crippen molar-refractivity contribution >= 4 is 34.3 Å². The summed E-state index contributed by atoms with van der Waals surface area (Å²) in [7, 11) is 0.